The van der Waals surface area contributed by atoms with Crippen LogP contribution >= 0.6 is 23.5 Å². The van der Waals surface area contributed by atoms with Gasteiger partial charge >= 0.3 is 0 Å². The van der Waals surface area contributed by atoms with Crippen molar-refractivity contribution < 1.29 is 0 Å². The highest BCUT2D eigenvalue weighted by Gasteiger charge is 1.96. The minimum Gasteiger partial charge on any atom is -0.260 e. The second kappa shape index (κ2) is 5.46. The van der Waals surface area contributed by atoms with E-state index in [2.05, 4.69) is 11.6 Å². The molecule has 0 radical (unpaired) electrons. The molecule has 1 aromatic rings. The van der Waals surface area contributed by atoms with Crippen LogP contribution in [0.4, 0.5) is 0 Å². The fourth-order valence-electron chi connectivity index (χ4n) is 0.873. The molecule has 0 saturated heterocycles. The molecule has 1 rings (SSSR count). The first-order valence-corrected chi connectivity index (χ1v) is 5.29. The van der Waals surface area contributed by atoms with Crippen LogP contribution in [0.15, 0.2) is 24.3 Å². The maximum atomic E-state index is 5.95. The van der Waals surface area contributed by atoms with Crippen LogP contribution in [-0.4, -0.2) is 5.75 Å². The van der Waals surface area contributed by atoms with E-state index in [4.69, 9.17) is 11.6 Å². The minimum atomic E-state index is 0.832. The highest BCUT2D eigenvalue weighted by atomic mass is 35.5. The quantitative estimate of drug-likeness (QED) is 0.594. The van der Waals surface area contributed by atoms with Gasteiger partial charge in [0, 0.05) is 17.3 Å². The van der Waals surface area contributed by atoms with Crippen molar-refractivity contribution in [2.45, 2.75) is 13.5 Å². The van der Waals surface area contributed by atoms with Gasteiger partial charge in [-0.15, -0.1) is 0 Å². The summed E-state index contributed by atoms with van der Waals surface area (Å²) in [6.07, 6.45) is 0. The van der Waals surface area contributed by atoms with E-state index in [0.717, 1.165) is 22.9 Å². The number of rotatable bonds is 4. The summed E-state index contributed by atoms with van der Waals surface area (Å²) in [4.78, 5) is 0. The van der Waals surface area contributed by atoms with Gasteiger partial charge in [0.25, 0.3) is 0 Å². The molecule has 0 bridgehead atoms. The summed E-state index contributed by atoms with van der Waals surface area (Å²) in [5, 5.41) is 0.835. The summed E-state index contributed by atoms with van der Waals surface area (Å²) < 4.78 is 3.22. The van der Waals surface area contributed by atoms with E-state index >= 15 is 0 Å². The fourth-order valence-corrected chi connectivity index (χ4v) is 1.54. The van der Waals surface area contributed by atoms with Crippen molar-refractivity contribution in [1.82, 2.24) is 4.72 Å². The van der Waals surface area contributed by atoms with Crippen LogP contribution in [0, 0.1) is 0 Å². The van der Waals surface area contributed by atoms with Crippen molar-refractivity contribution in [2.24, 2.45) is 0 Å². The molecule has 0 aliphatic heterocycles. The summed E-state index contributed by atoms with van der Waals surface area (Å²) in [7, 11) is 0. The molecule has 0 amide bonds. The number of benzene rings is 1. The summed E-state index contributed by atoms with van der Waals surface area (Å²) in [6.45, 7) is 2.95. The van der Waals surface area contributed by atoms with Crippen LogP contribution < -0.4 is 4.72 Å². The van der Waals surface area contributed by atoms with Gasteiger partial charge in [-0.2, -0.15) is 0 Å². The summed E-state index contributed by atoms with van der Waals surface area (Å²) in [5.41, 5.74) is 1.15. The molecule has 0 atom stereocenters. The lowest BCUT2D eigenvalue weighted by Crippen LogP contribution is -2.03. The van der Waals surface area contributed by atoms with Crippen molar-refractivity contribution in [3.05, 3.63) is 34.9 Å². The smallest absolute Gasteiger partial charge is 0.0451 e. The zero-order valence-corrected chi connectivity index (χ0v) is 8.58. The molecular weight excluding hydrogens is 190 g/mol. The topological polar surface area (TPSA) is 12.0 Å². The molecule has 0 spiro atoms. The first kappa shape index (κ1) is 9.90. The zero-order valence-electron chi connectivity index (χ0n) is 7.01. The normalized spacial score (nSPS) is 10.2. The maximum absolute atomic E-state index is 5.95. The van der Waals surface area contributed by atoms with Crippen molar-refractivity contribution in [3.8, 4) is 0 Å². The molecule has 0 aromatic heterocycles. The van der Waals surface area contributed by atoms with E-state index in [-0.39, 0.29) is 0 Å². The highest BCUT2D eigenvalue weighted by Crippen LogP contribution is 2.14. The summed E-state index contributed by atoms with van der Waals surface area (Å²) in [5.74, 6) is 1.07. The number of hydrogen-bond acceptors (Lipinski definition) is 2. The average Bonchev–Trinajstić information content (AvgIpc) is 2.09. The van der Waals surface area contributed by atoms with Gasteiger partial charge in [-0.1, -0.05) is 48.7 Å². The van der Waals surface area contributed by atoms with Crippen molar-refractivity contribution >= 4 is 23.5 Å². The van der Waals surface area contributed by atoms with Crippen LogP contribution in [-0.2, 0) is 6.54 Å². The van der Waals surface area contributed by atoms with Gasteiger partial charge in [0.05, 0.1) is 0 Å². The number of halogens is 1. The summed E-state index contributed by atoms with van der Waals surface area (Å²) >= 11 is 7.66. The Labute approximate surface area is 82.6 Å². The van der Waals surface area contributed by atoms with E-state index in [0.29, 0.717) is 0 Å². The van der Waals surface area contributed by atoms with Gasteiger partial charge in [-0.05, 0) is 11.6 Å². The van der Waals surface area contributed by atoms with Crippen LogP contribution in [0.1, 0.15) is 12.5 Å². The van der Waals surface area contributed by atoms with Crippen LogP contribution in [0.25, 0.3) is 0 Å². The molecule has 0 fully saturated rings. The van der Waals surface area contributed by atoms with Gasteiger partial charge in [0.1, 0.15) is 0 Å². The molecule has 0 saturated carbocycles. The monoisotopic (exact) mass is 201 g/mol. The Morgan fingerprint density at radius 2 is 2.17 bits per heavy atom. The lowest BCUT2D eigenvalue weighted by Gasteiger charge is -2.03. The van der Waals surface area contributed by atoms with Crippen molar-refractivity contribution in [1.29, 1.82) is 0 Å². The van der Waals surface area contributed by atoms with E-state index < -0.39 is 0 Å². The Morgan fingerprint density at radius 3 is 2.83 bits per heavy atom. The standard InChI is InChI=1S/C9H12ClNS/c1-2-12-11-7-8-5-3-4-6-9(8)10/h3-6,11H,2,7H2,1H3. The van der Waals surface area contributed by atoms with Gasteiger partial charge in [-0.3, -0.25) is 4.72 Å². The molecular formula is C9H12ClNS. The Balaban J connectivity index is 2.46. The molecule has 0 unspecified atom stereocenters. The van der Waals surface area contributed by atoms with Gasteiger partial charge < -0.3 is 0 Å². The molecule has 0 aliphatic rings. The zero-order chi connectivity index (χ0) is 8.81. The number of nitrogens with one attached hydrogen (secondary N) is 1. The predicted octanol–water partition coefficient (Wildman–Crippen LogP) is 3.10. The predicted molar refractivity (Wildman–Crippen MR) is 56.4 cm³/mol. The van der Waals surface area contributed by atoms with E-state index in [9.17, 15) is 0 Å². The molecule has 3 heteroatoms. The lowest BCUT2D eigenvalue weighted by atomic mass is 10.2. The Kier molecular flexibility index (Phi) is 4.51. The molecule has 1 aromatic carbocycles. The third-order valence-electron chi connectivity index (χ3n) is 1.47. The molecule has 12 heavy (non-hydrogen) atoms. The molecule has 0 heterocycles. The Hall–Kier alpha value is -0.180. The molecule has 1 N–H and O–H groups in total. The third-order valence-corrected chi connectivity index (χ3v) is 2.47. The molecule has 0 aliphatic carbocycles. The fraction of sp³-hybridized carbons (Fsp3) is 0.333. The van der Waals surface area contributed by atoms with Gasteiger partial charge in [0.2, 0.25) is 0 Å². The molecule has 1 nitrogen and oxygen atoms in total. The van der Waals surface area contributed by atoms with Crippen molar-refractivity contribution in [2.75, 3.05) is 5.75 Å². The van der Waals surface area contributed by atoms with E-state index in [1.165, 1.54) is 0 Å². The second-order valence-electron chi connectivity index (χ2n) is 2.35. The Bertz CT molecular complexity index is 240. The molecule has 66 valence electrons. The summed E-state index contributed by atoms with van der Waals surface area (Å²) in [6, 6.07) is 7.89. The lowest BCUT2D eigenvalue weighted by molar-refractivity contribution is 0.976. The Morgan fingerprint density at radius 1 is 1.42 bits per heavy atom. The number of hydrogen-bond donors (Lipinski definition) is 1. The maximum Gasteiger partial charge on any atom is 0.0451 e. The van der Waals surface area contributed by atoms with E-state index in [1.807, 2.05) is 24.3 Å². The van der Waals surface area contributed by atoms with Crippen LogP contribution in [0.5, 0.6) is 0 Å². The second-order valence-corrected chi connectivity index (χ2v) is 3.91. The first-order valence-electron chi connectivity index (χ1n) is 3.92. The van der Waals surface area contributed by atoms with Gasteiger partial charge in [-0.25, -0.2) is 0 Å². The third kappa shape index (κ3) is 3.05. The van der Waals surface area contributed by atoms with Crippen molar-refractivity contribution in [3.63, 3.8) is 0 Å². The average molecular weight is 202 g/mol. The highest BCUT2D eigenvalue weighted by molar-refractivity contribution is 7.97. The minimum absolute atomic E-state index is 0.832. The SMILES string of the molecule is CCSNCc1ccccc1Cl. The van der Waals surface area contributed by atoms with Gasteiger partial charge in [0.15, 0.2) is 0 Å². The van der Waals surface area contributed by atoms with Crippen LogP contribution in [0.3, 0.4) is 0 Å². The van der Waals surface area contributed by atoms with Crippen LogP contribution in [0.2, 0.25) is 5.02 Å². The largest absolute Gasteiger partial charge is 0.260 e. The first-order chi connectivity index (χ1) is 5.84. The van der Waals surface area contributed by atoms with E-state index in [1.54, 1.807) is 11.9 Å².